The SMILES string of the molecule is NC1CCCC(C(=O)NCC(O)C(F)F)C1. The molecule has 16 heavy (non-hydrogen) atoms. The van der Waals surface area contributed by atoms with E-state index in [1.54, 1.807) is 0 Å². The Morgan fingerprint density at radius 2 is 2.19 bits per heavy atom. The van der Waals surface area contributed by atoms with Gasteiger partial charge in [-0.05, 0) is 19.3 Å². The zero-order chi connectivity index (χ0) is 12.1. The Hall–Kier alpha value is -0.750. The maximum absolute atomic E-state index is 12.0. The van der Waals surface area contributed by atoms with Crippen molar-refractivity contribution in [1.29, 1.82) is 0 Å². The molecule has 0 aromatic heterocycles. The zero-order valence-corrected chi connectivity index (χ0v) is 9.03. The van der Waals surface area contributed by atoms with Crippen molar-refractivity contribution in [2.24, 2.45) is 11.7 Å². The number of halogens is 2. The molecule has 0 heterocycles. The van der Waals surface area contributed by atoms with Gasteiger partial charge in [0, 0.05) is 18.5 Å². The van der Waals surface area contributed by atoms with Gasteiger partial charge < -0.3 is 16.2 Å². The first-order valence-corrected chi connectivity index (χ1v) is 5.50. The summed E-state index contributed by atoms with van der Waals surface area (Å²) in [6, 6.07) is 0.0181. The Bertz CT molecular complexity index is 239. The number of rotatable bonds is 4. The predicted octanol–water partition coefficient (Wildman–Crippen LogP) is 0.246. The van der Waals surface area contributed by atoms with Gasteiger partial charge in [-0.15, -0.1) is 0 Å². The highest BCUT2D eigenvalue weighted by atomic mass is 19.3. The first kappa shape index (κ1) is 13.3. The molecule has 6 heteroatoms. The topological polar surface area (TPSA) is 75.4 Å². The quantitative estimate of drug-likeness (QED) is 0.654. The van der Waals surface area contributed by atoms with Crippen LogP contribution in [0.15, 0.2) is 0 Å². The van der Waals surface area contributed by atoms with Crippen molar-refractivity contribution in [3.63, 3.8) is 0 Å². The van der Waals surface area contributed by atoms with Gasteiger partial charge in [0.15, 0.2) is 0 Å². The van der Waals surface area contributed by atoms with Crippen LogP contribution in [0, 0.1) is 5.92 Å². The molecule has 0 aromatic carbocycles. The highest BCUT2D eigenvalue weighted by Crippen LogP contribution is 2.23. The molecule has 1 aliphatic rings. The summed E-state index contributed by atoms with van der Waals surface area (Å²) in [4.78, 5) is 11.5. The van der Waals surface area contributed by atoms with Crippen LogP contribution in [-0.2, 0) is 4.79 Å². The highest BCUT2D eigenvalue weighted by molar-refractivity contribution is 5.78. The average Bonchev–Trinajstić information content (AvgIpc) is 2.25. The van der Waals surface area contributed by atoms with E-state index >= 15 is 0 Å². The lowest BCUT2D eigenvalue weighted by Gasteiger charge is -2.26. The second-order valence-corrected chi connectivity index (χ2v) is 4.27. The molecular formula is C10H18F2N2O2. The third kappa shape index (κ3) is 4.02. The lowest BCUT2D eigenvalue weighted by molar-refractivity contribution is -0.127. The van der Waals surface area contributed by atoms with Crippen LogP contribution < -0.4 is 11.1 Å². The first-order chi connectivity index (χ1) is 7.50. The fourth-order valence-electron chi connectivity index (χ4n) is 1.90. The molecule has 0 radical (unpaired) electrons. The Morgan fingerprint density at radius 1 is 1.50 bits per heavy atom. The molecule has 0 saturated heterocycles. The van der Waals surface area contributed by atoms with Crippen molar-refractivity contribution in [2.45, 2.75) is 44.3 Å². The van der Waals surface area contributed by atoms with E-state index < -0.39 is 19.1 Å². The van der Waals surface area contributed by atoms with Crippen molar-refractivity contribution in [1.82, 2.24) is 5.32 Å². The van der Waals surface area contributed by atoms with Crippen molar-refractivity contribution in [3.05, 3.63) is 0 Å². The maximum atomic E-state index is 12.0. The van der Waals surface area contributed by atoms with Crippen molar-refractivity contribution in [3.8, 4) is 0 Å². The van der Waals surface area contributed by atoms with E-state index in [-0.39, 0.29) is 17.9 Å². The Labute approximate surface area is 93.2 Å². The van der Waals surface area contributed by atoms with Crippen LogP contribution in [0.4, 0.5) is 8.78 Å². The lowest BCUT2D eigenvalue weighted by Crippen LogP contribution is -2.42. The molecule has 0 spiro atoms. The molecule has 0 bridgehead atoms. The fourth-order valence-corrected chi connectivity index (χ4v) is 1.90. The van der Waals surface area contributed by atoms with E-state index in [4.69, 9.17) is 10.8 Å². The average molecular weight is 236 g/mol. The van der Waals surface area contributed by atoms with Crippen LogP contribution in [0.1, 0.15) is 25.7 Å². The molecule has 1 rings (SSSR count). The second-order valence-electron chi connectivity index (χ2n) is 4.27. The number of amides is 1. The van der Waals surface area contributed by atoms with Gasteiger partial charge in [-0.3, -0.25) is 4.79 Å². The molecular weight excluding hydrogens is 218 g/mol. The van der Waals surface area contributed by atoms with Crippen molar-refractivity contribution >= 4 is 5.91 Å². The third-order valence-corrected chi connectivity index (χ3v) is 2.86. The van der Waals surface area contributed by atoms with E-state index in [1.807, 2.05) is 0 Å². The van der Waals surface area contributed by atoms with Gasteiger partial charge in [0.25, 0.3) is 6.43 Å². The summed E-state index contributed by atoms with van der Waals surface area (Å²) in [5.41, 5.74) is 5.72. The number of aliphatic hydroxyl groups excluding tert-OH is 1. The Kier molecular flexibility index (Phi) is 5.08. The predicted molar refractivity (Wildman–Crippen MR) is 55.0 cm³/mol. The standard InChI is InChI=1S/C10H18F2N2O2/c11-9(12)8(15)5-14-10(16)6-2-1-3-7(13)4-6/h6-9,15H,1-5,13H2,(H,14,16). The number of alkyl halides is 2. The van der Waals surface area contributed by atoms with Crippen LogP contribution in [0.5, 0.6) is 0 Å². The van der Waals surface area contributed by atoms with E-state index in [0.717, 1.165) is 19.3 Å². The van der Waals surface area contributed by atoms with Gasteiger partial charge in [0.2, 0.25) is 5.91 Å². The number of nitrogens with one attached hydrogen (secondary N) is 1. The fraction of sp³-hybridized carbons (Fsp3) is 0.900. The summed E-state index contributed by atoms with van der Waals surface area (Å²) in [5.74, 6) is -0.483. The third-order valence-electron chi connectivity index (χ3n) is 2.86. The molecule has 3 atom stereocenters. The van der Waals surface area contributed by atoms with Crippen LogP contribution in [0.25, 0.3) is 0 Å². The number of hydrogen-bond acceptors (Lipinski definition) is 3. The molecule has 3 unspecified atom stereocenters. The Balaban J connectivity index is 2.29. The number of nitrogens with two attached hydrogens (primary N) is 1. The molecule has 4 nitrogen and oxygen atoms in total. The van der Waals surface area contributed by atoms with Gasteiger partial charge in [0.1, 0.15) is 6.10 Å². The molecule has 1 fully saturated rings. The summed E-state index contributed by atoms with van der Waals surface area (Å²) in [5, 5.41) is 11.2. The molecule has 1 aliphatic carbocycles. The minimum atomic E-state index is -2.83. The van der Waals surface area contributed by atoms with Crippen LogP contribution in [-0.4, -0.2) is 36.1 Å². The summed E-state index contributed by atoms with van der Waals surface area (Å²) in [6.45, 7) is -0.401. The van der Waals surface area contributed by atoms with E-state index in [0.29, 0.717) is 6.42 Å². The smallest absolute Gasteiger partial charge is 0.265 e. The molecule has 1 amide bonds. The van der Waals surface area contributed by atoms with Gasteiger partial charge in [0.05, 0.1) is 0 Å². The summed E-state index contributed by atoms with van der Waals surface area (Å²) in [6.07, 6.45) is -1.49. The monoisotopic (exact) mass is 236 g/mol. The molecule has 4 N–H and O–H groups in total. The first-order valence-electron chi connectivity index (χ1n) is 5.50. The number of carbonyl (C=O) groups excluding carboxylic acids is 1. The highest BCUT2D eigenvalue weighted by Gasteiger charge is 2.26. The second kappa shape index (κ2) is 6.10. The van der Waals surface area contributed by atoms with E-state index in [9.17, 15) is 13.6 Å². The molecule has 1 saturated carbocycles. The number of aliphatic hydroxyl groups is 1. The minimum Gasteiger partial charge on any atom is -0.385 e. The van der Waals surface area contributed by atoms with Gasteiger partial charge >= 0.3 is 0 Å². The van der Waals surface area contributed by atoms with Crippen LogP contribution in [0.2, 0.25) is 0 Å². The minimum absolute atomic E-state index is 0.0181. The van der Waals surface area contributed by atoms with Crippen LogP contribution in [0.3, 0.4) is 0 Å². The van der Waals surface area contributed by atoms with E-state index in [1.165, 1.54) is 0 Å². The summed E-state index contributed by atoms with van der Waals surface area (Å²) >= 11 is 0. The van der Waals surface area contributed by atoms with E-state index in [2.05, 4.69) is 5.32 Å². The number of carbonyl (C=O) groups is 1. The molecule has 94 valence electrons. The lowest BCUT2D eigenvalue weighted by atomic mass is 9.85. The molecule has 0 aromatic rings. The maximum Gasteiger partial charge on any atom is 0.265 e. The van der Waals surface area contributed by atoms with Gasteiger partial charge in [-0.25, -0.2) is 8.78 Å². The summed E-state index contributed by atoms with van der Waals surface area (Å²) in [7, 11) is 0. The normalized spacial score (nSPS) is 27.8. The Morgan fingerprint density at radius 3 is 2.75 bits per heavy atom. The number of hydrogen-bond donors (Lipinski definition) is 3. The van der Waals surface area contributed by atoms with Gasteiger partial charge in [-0.2, -0.15) is 0 Å². The van der Waals surface area contributed by atoms with Crippen LogP contribution >= 0.6 is 0 Å². The van der Waals surface area contributed by atoms with Crippen molar-refractivity contribution in [2.75, 3.05) is 6.54 Å². The zero-order valence-electron chi connectivity index (χ0n) is 9.03. The van der Waals surface area contributed by atoms with Crippen molar-refractivity contribution < 1.29 is 18.7 Å². The molecule has 0 aliphatic heterocycles. The van der Waals surface area contributed by atoms with Gasteiger partial charge in [-0.1, -0.05) is 6.42 Å². The largest absolute Gasteiger partial charge is 0.385 e. The summed E-state index contributed by atoms with van der Waals surface area (Å²) < 4.78 is 23.9.